The van der Waals surface area contributed by atoms with Crippen molar-refractivity contribution in [2.24, 2.45) is 5.14 Å². The molecular formula is C10H11NO4S. The maximum Gasteiger partial charge on any atom is 0.328 e. The Morgan fingerprint density at radius 2 is 2.06 bits per heavy atom. The van der Waals surface area contributed by atoms with E-state index in [1.807, 2.05) is 0 Å². The van der Waals surface area contributed by atoms with E-state index >= 15 is 0 Å². The number of hydrogen-bond acceptors (Lipinski definition) is 3. The van der Waals surface area contributed by atoms with Gasteiger partial charge in [0.25, 0.3) is 0 Å². The Hall–Kier alpha value is -1.66. The van der Waals surface area contributed by atoms with E-state index in [0.717, 1.165) is 6.08 Å². The molecule has 0 saturated heterocycles. The van der Waals surface area contributed by atoms with E-state index in [0.29, 0.717) is 11.1 Å². The molecule has 0 saturated carbocycles. The Kier molecular flexibility index (Phi) is 3.46. The van der Waals surface area contributed by atoms with Crippen LogP contribution in [-0.2, 0) is 14.8 Å². The molecule has 0 unspecified atom stereocenters. The first kappa shape index (κ1) is 12.4. The second-order valence-electron chi connectivity index (χ2n) is 3.24. The fraction of sp³-hybridized carbons (Fsp3) is 0.100. The minimum absolute atomic E-state index is 0.0000359. The Morgan fingerprint density at radius 3 is 2.56 bits per heavy atom. The van der Waals surface area contributed by atoms with Crippen LogP contribution in [0, 0.1) is 6.92 Å². The zero-order valence-corrected chi connectivity index (χ0v) is 9.36. The molecule has 1 aromatic carbocycles. The summed E-state index contributed by atoms with van der Waals surface area (Å²) >= 11 is 0. The Labute approximate surface area is 93.3 Å². The van der Waals surface area contributed by atoms with E-state index in [1.54, 1.807) is 19.1 Å². The predicted molar refractivity (Wildman–Crippen MR) is 59.2 cm³/mol. The number of sulfonamides is 1. The molecule has 16 heavy (non-hydrogen) atoms. The van der Waals surface area contributed by atoms with Gasteiger partial charge in [-0.05, 0) is 30.2 Å². The number of aryl methyl sites for hydroxylation is 1. The highest BCUT2D eigenvalue weighted by Gasteiger charge is 2.11. The van der Waals surface area contributed by atoms with Gasteiger partial charge in [-0.25, -0.2) is 18.4 Å². The molecule has 1 aromatic rings. The molecule has 86 valence electrons. The van der Waals surface area contributed by atoms with Gasteiger partial charge in [-0.2, -0.15) is 0 Å². The van der Waals surface area contributed by atoms with E-state index in [1.165, 1.54) is 12.1 Å². The zero-order chi connectivity index (χ0) is 12.3. The van der Waals surface area contributed by atoms with Crippen LogP contribution in [0.5, 0.6) is 0 Å². The average Bonchev–Trinajstić information content (AvgIpc) is 2.14. The summed E-state index contributed by atoms with van der Waals surface area (Å²) in [4.78, 5) is 10.3. The molecule has 0 aliphatic rings. The van der Waals surface area contributed by atoms with E-state index in [2.05, 4.69) is 0 Å². The van der Waals surface area contributed by atoms with Crippen LogP contribution in [0.4, 0.5) is 0 Å². The van der Waals surface area contributed by atoms with E-state index < -0.39 is 16.0 Å². The molecule has 0 bridgehead atoms. The number of carbonyl (C=O) groups is 1. The van der Waals surface area contributed by atoms with Crippen LogP contribution >= 0.6 is 0 Å². The molecule has 6 heteroatoms. The summed E-state index contributed by atoms with van der Waals surface area (Å²) in [5.41, 5.74) is 0.993. The molecule has 0 atom stereocenters. The average molecular weight is 241 g/mol. The summed E-state index contributed by atoms with van der Waals surface area (Å²) in [7, 11) is -3.78. The standard InChI is InChI=1S/C10H11NO4S/c1-7-2-3-8(4-5-10(12)13)6-9(7)16(11,14)15/h2-6H,1H3,(H,12,13)(H2,11,14,15). The van der Waals surface area contributed by atoms with Gasteiger partial charge in [-0.1, -0.05) is 12.1 Å². The highest BCUT2D eigenvalue weighted by molar-refractivity contribution is 7.89. The highest BCUT2D eigenvalue weighted by Crippen LogP contribution is 2.16. The first-order valence-electron chi connectivity index (χ1n) is 4.35. The lowest BCUT2D eigenvalue weighted by molar-refractivity contribution is -0.131. The molecule has 0 aliphatic heterocycles. The van der Waals surface area contributed by atoms with Gasteiger partial charge in [0.1, 0.15) is 0 Å². The summed E-state index contributed by atoms with van der Waals surface area (Å²) in [5, 5.41) is 13.4. The minimum Gasteiger partial charge on any atom is -0.478 e. The Balaban J connectivity index is 3.23. The van der Waals surface area contributed by atoms with Gasteiger partial charge in [0.05, 0.1) is 4.90 Å². The van der Waals surface area contributed by atoms with Crippen LogP contribution in [0.15, 0.2) is 29.2 Å². The van der Waals surface area contributed by atoms with Gasteiger partial charge in [-0.15, -0.1) is 0 Å². The number of carboxylic acids is 1. The Bertz CT molecular complexity index is 546. The maximum absolute atomic E-state index is 11.2. The molecule has 0 aromatic heterocycles. The topological polar surface area (TPSA) is 97.5 Å². The quantitative estimate of drug-likeness (QED) is 0.762. The third kappa shape index (κ3) is 3.18. The second kappa shape index (κ2) is 4.46. The SMILES string of the molecule is Cc1ccc(C=CC(=O)O)cc1S(N)(=O)=O. The summed E-state index contributed by atoms with van der Waals surface area (Å²) in [6, 6.07) is 4.52. The number of benzene rings is 1. The first-order chi connectivity index (χ1) is 7.30. The lowest BCUT2D eigenvalue weighted by atomic mass is 10.1. The molecule has 5 nitrogen and oxygen atoms in total. The van der Waals surface area contributed by atoms with Crippen molar-refractivity contribution in [1.29, 1.82) is 0 Å². The first-order valence-corrected chi connectivity index (χ1v) is 5.90. The number of aliphatic carboxylic acids is 1. The van der Waals surface area contributed by atoms with Crippen LogP contribution in [-0.4, -0.2) is 19.5 Å². The molecule has 0 heterocycles. The smallest absolute Gasteiger partial charge is 0.328 e. The summed E-state index contributed by atoms with van der Waals surface area (Å²) in [5.74, 6) is -1.10. The highest BCUT2D eigenvalue weighted by atomic mass is 32.2. The van der Waals surface area contributed by atoms with Gasteiger partial charge in [-0.3, -0.25) is 0 Å². The normalized spacial score (nSPS) is 11.9. The van der Waals surface area contributed by atoms with Gasteiger partial charge >= 0.3 is 5.97 Å². The van der Waals surface area contributed by atoms with Crippen LogP contribution in [0.25, 0.3) is 6.08 Å². The van der Waals surface area contributed by atoms with Gasteiger partial charge in [0.15, 0.2) is 0 Å². The lowest BCUT2D eigenvalue weighted by Crippen LogP contribution is -2.13. The van der Waals surface area contributed by atoms with Crippen molar-refractivity contribution < 1.29 is 18.3 Å². The van der Waals surface area contributed by atoms with E-state index in [4.69, 9.17) is 10.2 Å². The number of carboxylic acid groups (broad SMARTS) is 1. The number of hydrogen-bond donors (Lipinski definition) is 2. The van der Waals surface area contributed by atoms with Crippen molar-refractivity contribution in [2.75, 3.05) is 0 Å². The molecule has 0 fully saturated rings. The third-order valence-electron chi connectivity index (χ3n) is 1.94. The molecule has 0 aliphatic carbocycles. The van der Waals surface area contributed by atoms with Crippen LogP contribution in [0.2, 0.25) is 0 Å². The van der Waals surface area contributed by atoms with Crippen LogP contribution in [0.1, 0.15) is 11.1 Å². The number of nitrogens with two attached hydrogens (primary N) is 1. The van der Waals surface area contributed by atoms with Crippen molar-refractivity contribution in [3.05, 3.63) is 35.4 Å². The predicted octanol–water partition coefficient (Wildman–Crippen LogP) is 0.740. The molecule has 0 radical (unpaired) electrons. The van der Waals surface area contributed by atoms with Crippen molar-refractivity contribution >= 4 is 22.1 Å². The molecule has 0 spiro atoms. The summed E-state index contributed by atoms with van der Waals surface area (Å²) < 4.78 is 22.4. The lowest BCUT2D eigenvalue weighted by Gasteiger charge is -2.03. The maximum atomic E-state index is 11.2. The fourth-order valence-electron chi connectivity index (χ4n) is 1.19. The van der Waals surface area contributed by atoms with Crippen molar-refractivity contribution in [3.8, 4) is 0 Å². The van der Waals surface area contributed by atoms with Gasteiger partial charge in [0, 0.05) is 6.08 Å². The molecular weight excluding hydrogens is 230 g/mol. The van der Waals surface area contributed by atoms with Crippen molar-refractivity contribution in [3.63, 3.8) is 0 Å². The molecule has 1 rings (SSSR count). The zero-order valence-electron chi connectivity index (χ0n) is 8.54. The summed E-state index contributed by atoms with van der Waals surface area (Å²) in [6.45, 7) is 1.62. The number of primary sulfonamides is 1. The van der Waals surface area contributed by atoms with E-state index in [-0.39, 0.29) is 4.90 Å². The minimum atomic E-state index is -3.78. The largest absolute Gasteiger partial charge is 0.478 e. The van der Waals surface area contributed by atoms with Gasteiger partial charge < -0.3 is 5.11 Å². The van der Waals surface area contributed by atoms with Crippen molar-refractivity contribution in [1.82, 2.24) is 0 Å². The second-order valence-corrected chi connectivity index (χ2v) is 4.77. The molecule has 0 amide bonds. The van der Waals surface area contributed by atoms with E-state index in [9.17, 15) is 13.2 Å². The van der Waals surface area contributed by atoms with Crippen molar-refractivity contribution in [2.45, 2.75) is 11.8 Å². The van der Waals surface area contributed by atoms with Crippen LogP contribution in [0.3, 0.4) is 0 Å². The summed E-state index contributed by atoms with van der Waals surface area (Å²) in [6.07, 6.45) is 2.23. The molecule has 3 N–H and O–H groups in total. The monoisotopic (exact) mass is 241 g/mol. The Morgan fingerprint density at radius 1 is 1.44 bits per heavy atom. The fourth-order valence-corrected chi connectivity index (χ4v) is 2.01. The third-order valence-corrected chi connectivity index (χ3v) is 2.99. The van der Waals surface area contributed by atoms with Crippen LogP contribution < -0.4 is 5.14 Å². The van der Waals surface area contributed by atoms with Gasteiger partial charge in [0.2, 0.25) is 10.0 Å². The number of rotatable bonds is 3.